The van der Waals surface area contributed by atoms with Crippen molar-refractivity contribution in [2.45, 2.75) is 100 Å². The van der Waals surface area contributed by atoms with Crippen LogP contribution < -0.4 is 19.5 Å². The van der Waals surface area contributed by atoms with Crippen LogP contribution >= 0.6 is 0 Å². The van der Waals surface area contributed by atoms with E-state index in [2.05, 4.69) is 39.2 Å². The van der Waals surface area contributed by atoms with Gasteiger partial charge in [-0.05, 0) is 66.7 Å². The summed E-state index contributed by atoms with van der Waals surface area (Å²) >= 11 is 0. The largest absolute Gasteiger partial charge is 0.491 e. The molecule has 2 saturated heterocycles. The van der Waals surface area contributed by atoms with Crippen LogP contribution in [-0.4, -0.2) is 108 Å². The lowest BCUT2D eigenvalue weighted by Gasteiger charge is -2.39. The van der Waals surface area contributed by atoms with Crippen LogP contribution in [0, 0.1) is 11.8 Å². The first-order chi connectivity index (χ1) is 24.0. The molecule has 2 aromatic rings. The summed E-state index contributed by atoms with van der Waals surface area (Å²) in [7, 11) is -5.84. The average Bonchev–Trinajstić information content (AvgIpc) is 3.81. The third kappa shape index (κ3) is 9.00. The highest BCUT2D eigenvalue weighted by Gasteiger charge is 2.49. The maximum atomic E-state index is 13.8. The monoisotopic (exact) mass is 750 g/mol. The number of carbonyl (C=O) groups is 1. The van der Waals surface area contributed by atoms with Gasteiger partial charge in [-0.2, -0.15) is 0 Å². The molecular weight excluding hydrogens is 697 g/mol. The van der Waals surface area contributed by atoms with E-state index in [1.165, 1.54) is 17.0 Å². The molecule has 1 unspecified atom stereocenters. The Morgan fingerprint density at radius 1 is 1.06 bits per heavy atom. The number of nitrogens with zero attached hydrogens (tertiary/aromatic N) is 1. The lowest BCUT2D eigenvalue weighted by molar-refractivity contribution is -0.0906. The molecule has 2 aromatic carbocycles. The third-order valence-corrected chi connectivity index (χ3v) is 17.3. The van der Waals surface area contributed by atoms with Crippen molar-refractivity contribution < 1.29 is 51.5 Å². The zero-order valence-corrected chi connectivity index (χ0v) is 32.5. The number of fused-ring (bicyclic) bond motifs is 2. The van der Waals surface area contributed by atoms with Crippen molar-refractivity contribution in [3.63, 3.8) is 0 Å². The van der Waals surface area contributed by atoms with E-state index in [-0.39, 0.29) is 48.1 Å². The summed E-state index contributed by atoms with van der Waals surface area (Å²) in [5, 5.41) is 24.5. The summed E-state index contributed by atoms with van der Waals surface area (Å²) in [6, 6.07) is 10.3. The van der Waals surface area contributed by atoms with Crippen LogP contribution in [0.4, 0.5) is 4.79 Å². The Bertz CT molecular complexity index is 1600. The number of hydrogen-bond donors (Lipinski definition) is 3. The van der Waals surface area contributed by atoms with Crippen LogP contribution in [-0.2, 0) is 30.2 Å². The van der Waals surface area contributed by atoms with Gasteiger partial charge in [0, 0.05) is 18.5 Å². The number of amides is 1. The minimum Gasteiger partial charge on any atom is -0.491 e. The van der Waals surface area contributed by atoms with Gasteiger partial charge in [-0.3, -0.25) is 10.2 Å². The van der Waals surface area contributed by atoms with Gasteiger partial charge in [-0.1, -0.05) is 46.8 Å². The molecule has 2 fully saturated rings. The molecule has 284 valence electrons. The Balaban J connectivity index is 1.32. The maximum Gasteiger partial charge on any atom is 0.407 e. The van der Waals surface area contributed by atoms with Crippen molar-refractivity contribution >= 4 is 24.2 Å². The number of benzene rings is 2. The Morgan fingerprint density at radius 3 is 2.43 bits per heavy atom. The molecule has 3 aliphatic rings. The van der Waals surface area contributed by atoms with Gasteiger partial charge in [0.2, 0.25) is 6.79 Å². The SMILES string of the molecule is CC(C)C(NC[C@@H](O)[C@H](Cc1ccc(OCCO[Si](C)(C)C(C)(C)C)cc1)N(C(=O)O)[C@H]1CO[C@H]2OCC[C@H]21)S(=O)(=O)c1ccc2c(c1)OCO2. The Kier molecular flexibility index (Phi) is 12.3. The average molecular weight is 751 g/mol. The summed E-state index contributed by atoms with van der Waals surface area (Å²) in [6.07, 6.45) is -2.18. The molecule has 6 atom stereocenters. The van der Waals surface area contributed by atoms with Crippen LogP contribution in [0.25, 0.3) is 0 Å². The van der Waals surface area contributed by atoms with Crippen molar-refractivity contribution in [1.29, 1.82) is 0 Å². The molecule has 0 bridgehead atoms. The summed E-state index contributed by atoms with van der Waals surface area (Å²) in [4.78, 5) is 14.3. The minimum atomic E-state index is -3.94. The maximum absolute atomic E-state index is 13.8. The fraction of sp³-hybridized carbons (Fsp3) is 0.639. The zero-order valence-electron chi connectivity index (χ0n) is 30.7. The summed E-state index contributed by atoms with van der Waals surface area (Å²) < 4.78 is 62.1. The highest BCUT2D eigenvalue weighted by Crippen LogP contribution is 2.38. The lowest BCUT2D eigenvalue weighted by atomic mass is 9.93. The van der Waals surface area contributed by atoms with Gasteiger partial charge < -0.3 is 38.3 Å². The molecule has 3 N–H and O–H groups in total. The fourth-order valence-electron chi connectivity index (χ4n) is 6.59. The first-order valence-electron chi connectivity index (χ1n) is 17.6. The molecule has 13 nitrogen and oxygen atoms in total. The van der Waals surface area contributed by atoms with E-state index in [0.717, 1.165) is 5.56 Å². The second-order valence-corrected chi connectivity index (χ2v) is 22.2. The van der Waals surface area contributed by atoms with Gasteiger partial charge >= 0.3 is 6.09 Å². The van der Waals surface area contributed by atoms with Crippen LogP contribution in [0.1, 0.15) is 46.6 Å². The molecular formula is C36H54N2O11SSi. The molecule has 0 radical (unpaired) electrons. The van der Waals surface area contributed by atoms with E-state index >= 15 is 0 Å². The second kappa shape index (κ2) is 16.0. The van der Waals surface area contributed by atoms with Crippen molar-refractivity contribution in [2.24, 2.45) is 11.8 Å². The van der Waals surface area contributed by atoms with E-state index in [9.17, 15) is 23.4 Å². The number of rotatable bonds is 16. The molecule has 3 aliphatic heterocycles. The van der Waals surface area contributed by atoms with Crippen molar-refractivity contribution in [3.05, 3.63) is 48.0 Å². The molecule has 0 saturated carbocycles. The van der Waals surface area contributed by atoms with Gasteiger partial charge in [-0.15, -0.1) is 0 Å². The predicted molar refractivity (Wildman–Crippen MR) is 192 cm³/mol. The number of aliphatic hydroxyl groups excluding tert-OH is 1. The summed E-state index contributed by atoms with van der Waals surface area (Å²) in [5.74, 6) is 0.898. The Hall–Kier alpha value is -2.92. The number of carboxylic acid groups (broad SMARTS) is 1. The molecule has 0 aromatic heterocycles. The molecule has 0 spiro atoms. The topological polar surface area (TPSA) is 162 Å². The van der Waals surface area contributed by atoms with Crippen LogP contribution in [0.3, 0.4) is 0 Å². The van der Waals surface area contributed by atoms with Crippen molar-refractivity contribution in [3.8, 4) is 17.2 Å². The molecule has 0 aliphatic carbocycles. The summed E-state index contributed by atoms with van der Waals surface area (Å²) in [5.41, 5.74) is 0.779. The van der Waals surface area contributed by atoms with E-state index in [1.54, 1.807) is 19.9 Å². The highest BCUT2D eigenvalue weighted by molar-refractivity contribution is 7.92. The van der Waals surface area contributed by atoms with Crippen LogP contribution in [0.5, 0.6) is 17.2 Å². The first kappa shape index (κ1) is 39.3. The molecule has 3 heterocycles. The number of sulfone groups is 1. The zero-order chi connectivity index (χ0) is 37.1. The van der Waals surface area contributed by atoms with Crippen LogP contribution in [0.15, 0.2) is 47.4 Å². The number of hydrogen-bond acceptors (Lipinski definition) is 11. The minimum absolute atomic E-state index is 0.0141. The van der Waals surface area contributed by atoms with Gasteiger partial charge in [0.1, 0.15) is 17.7 Å². The standard InChI is InChI=1S/C36H54N2O11SSi/c1-23(2)33(50(42,43)26-12-13-31-32(19-26)48-22-47-31)37-20-30(39)28(38(35(40)41)29-21-46-34-27(29)14-15-45-34)18-24-8-10-25(11-9-24)44-16-17-49-51(6,7)36(3,4)5/h8-13,19,23,27-30,33-34,37,39H,14-18,20-22H2,1-7H3,(H,40,41)/t27-,28-,29-,30+,33?,34+/m0/s1. The van der Waals surface area contributed by atoms with Gasteiger partial charge in [0.15, 0.2) is 35.9 Å². The van der Waals surface area contributed by atoms with Gasteiger partial charge in [0.25, 0.3) is 0 Å². The van der Waals surface area contributed by atoms with E-state index in [1.807, 2.05) is 24.3 Å². The summed E-state index contributed by atoms with van der Waals surface area (Å²) in [6.45, 7) is 15.8. The quantitative estimate of drug-likeness (QED) is 0.158. The van der Waals surface area contributed by atoms with E-state index in [4.69, 9.17) is 28.1 Å². The molecule has 51 heavy (non-hydrogen) atoms. The Morgan fingerprint density at radius 2 is 1.76 bits per heavy atom. The second-order valence-electron chi connectivity index (χ2n) is 15.4. The van der Waals surface area contributed by atoms with Crippen molar-refractivity contribution in [2.75, 3.05) is 39.8 Å². The van der Waals surface area contributed by atoms with Gasteiger partial charge in [0.05, 0.1) is 42.9 Å². The lowest BCUT2D eigenvalue weighted by Crippen LogP contribution is -2.58. The highest BCUT2D eigenvalue weighted by atomic mass is 32.2. The van der Waals surface area contributed by atoms with Gasteiger partial charge in [-0.25, -0.2) is 13.2 Å². The third-order valence-electron chi connectivity index (χ3n) is 10.5. The van der Waals surface area contributed by atoms with Crippen LogP contribution in [0.2, 0.25) is 18.1 Å². The van der Waals surface area contributed by atoms with Crippen molar-refractivity contribution in [1.82, 2.24) is 10.2 Å². The fourth-order valence-corrected chi connectivity index (χ4v) is 9.47. The molecule has 15 heteroatoms. The van der Waals surface area contributed by atoms with E-state index in [0.29, 0.717) is 43.5 Å². The predicted octanol–water partition coefficient (Wildman–Crippen LogP) is 4.87. The number of nitrogens with one attached hydrogen (secondary N) is 1. The van der Waals surface area contributed by atoms with E-state index < -0.39 is 54.1 Å². The number of ether oxygens (including phenoxy) is 5. The molecule has 1 amide bonds. The number of aliphatic hydroxyl groups is 1. The Labute approximate surface area is 302 Å². The smallest absolute Gasteiger partial charge is 0.407 e. The first-order valence-corrected chi connectivity index (χ1v) is 22.1. The normalized spacial score (nSPS) is 22.1. The molecule has 5 rings (SSSR count).